The number of ether oxygens (including phenoxy) is 2. The van der Waals surface area contributed by atoms with E-state index in [0.717, 1.165) is 5.56 Å². The number of ketones is 1. The summed E-state index contributed by atoms with van der Waals surface area (Å²) in [5, 5.41) is 9.50. The normalized spacial score (nSPS) is 11.1. The Kier molecular flexibility index (Phi) is 5.97. The first-order chi connectivity index (χ1) is 12.0. The summed E-state index contributed by atoms with van der Waals surface area (Å²) in [5.41, 5.74) is 2.03. The maximum Gasteiger partial charge on any atom is 0.203 e. The number of rotatable bonds is 6. The van der Waals surface area contributed by atoms with Crippen LogP contribution >= 0.6 is 0 Å². The first kappa shape index (κ1) is 18.3. The number of para-hydroxylation sites is 1. The van der Waals surface area contributed by atoms with Gasteiger partial charge in [0.05, 0.1) is 13.2 Å². The fourth-order valence-corrected chi connectivity index (χ4v) is 2.45. The molecule has 0 N–H and O–H groups in total. The van der Waals surface area contributed by atoms with Gasteiger partial charge in [-0.15, -0.1) is 0 Å². The number of nitriles is 1. The van der Waals surface area contributed by atoms with E-state index in [1.165, 1.54) is 0 Å². The number of carbonyl (C=O) groups is 1. The quantitative estimate of drug-likeness (QED) is 0.440. The summed E-state index contributed by atoms with van der Waals surface area (Å²) in [5.74, 6) is 0.771. The molecule has 0 saturated carbocycles. The molecular formula is C21H21NO3. The number of allylic oxidation sites excluding steroid dienone is 1. The van der Waals surface area contributed by atoms with E-state index < -0.39 is 0 Å². The number of benzene rings is 2. The van der Waals surface area contributed by atoms with E-state index >= 15 is 0 Å². The summed E-state index contributed by atoms with van der Waals surface area (Å²) in [6, 6.07) is 14.6. The van der Waals surface area contributed by atoms with Gasteiger partial charge in [0, 0.05) is 11.1 Å². The van der Waals surface area contributed by atoms with Crippen molar-refractivity contribution >= 4 is 11.9 Å². The Morgan fingerprint density at radius 2 is 1.88 bits per heavy atom. The van der Waals surface area contributed by atoms with E-state index in [1.54, 1.807) is 43.5 Å². The van der Waals surface area contributed by atoms with Gasteiger partial charge < -0.3 is 9.47 Å². The molecule has 4 nitrogen and oxygen atoms in total. The summed E-state index contributed by atoms with van der Waals surface area (Å²) in [7, 11) is 1.56. The molecule has 0 aliphatic rings. The van der Waals surface area contributed by atoms with Crippen molar-refractivity contribution in [2.24, 2.45) is 0 Å². The molecule has 0 aliphatic carbocycles. The highest BCUT2D eigenvalue weighted by Gasteiger charge is 2.17. The second-order valence-electron chi connectivity index (χ2n) is 5.86. The third-order valence-corrected chi connectivity index (χ3v) is 3.64. The van der Waals surface area contributed by atoms with Crippen molar-refractivity contribution < 1.29 is 14.3 Å². The lowest BCUT2D eigenvalue weighted by atomic mass is 9.98. The highest BCUT2D eigenvalue weighted by molar-refractivity contribution is 6.14. The molecule has 0 aromatic heterocycles. The van der Waals surface area contributed by atoms with E-state index in [0.29, 0.717) is 22.6 Å². The van der Waals surface area contributed by atoms with Gasteiger partial charge in [0.1, 0.15) is 11.6 Å². The molecule has 2 aromatic rings. The van der Waals surface area contributed by atoms with Crippen LogP contribution in [-0.4, -0.2) is 19.0 Å². The van der Waals surface area contributed by atoms with Gasteiger partial charge in [-0.2, -0.15) is 5.26 Å². The molecule has 25 heavy (non-hydrogen) atoms. The van der Waals surface area contributed by atoms with Gasteiger partial charge in [-0.3, -0.25) is 4.79 Å². The molecule has 0 spiro atoms. The zero-order valence-corrected chi connectivity index (χ0v) is 14.9. The summed E-state index contributed by atoms with van der Waals surface area (Å²) in [4.78, 5) is 12.7. The van der Waals surface area contributed by atoms with Gasteiger partial charge in [-0.1, -0.05) is 36.4 Å². The third kappa shape index (κ3) is 4.27. The molecule has 0 amide bonds. The molecule has 2 rings (SSSR count). The molecule has 0 aliphatic heterocycles. The van der Waals surface area contributed by atoms with E-state index in [-0.39, 0.29) is 17.5 Å². The van der Waals surface area contributed by atoms with Gasteiger partial charge in [-0.25, -0.2) is 0 Å². The first-order valence-electron chi connectivity index (χ1n) is 8.03. The second kappa shape index (κ2) is 8.16. The molecule has 0 bridgehead atoms. The Morgan fingerprint density at radius 1 is 1.16 bits per heavy atom. The van der Waals surface area contributed by atoms with E-state index in [9.17, 15) is 10.1 Å². The Bertz CT molecular complexity index is 844. The van der Waals surface area contributed by atoms with Crippen LogP contribution in [0.1, 0.15) is 35.3 Å². The van der Waals surface area contributed by atoms with Crippen molar-refractivity contribution in [3.05, 3.63) is 64.7 Å². The smallest absolute Gasteiger partial charge is 0.203 e. The van der Waals surface area contributed by atoms with Crippen LogP contribution in [0, 0.1) is 18.3 Å². The minimum absolute atomic E-state index is 0.0520. The fourth-order valence-electron chi connectivity index (χ4n) is 2.45. The zero-order valence-electron chi connectivity index (χ0n) is 14.9. The summed E-state index contributed by atoms with van der Waals surface area (Å²) >= 11 is 0. The van der Waals surface area contributed by atoms with Crippen LogP contribution in [0.5, 0.6) is 11.5 Å². The lowest BCUT2D eigenvalue weighted by Gasteiger charge is -2.16. The van der Waals surface area contributed by atoms with Gasteiger partial charge >= 0.3 is 0 Å². The number of methoxy groups -OCH3 is 1. The third-order valence-electron chi connectivity index (χ3n) is 3.64. The minimum atomic E-state index is -0.307. The van der Waals surface area contributed by atoms with Crippen molar-refractivity contribution in [3.8, 4) is 17.6 Å². The van der Waals surface area contributed by atoms with Gasteiger partial charge in [0.15, 0.2) is 11.5 Å². The molecule has 0 heterocycles. The van der Waals surface area contributed by atoms with Crippen molar-refractivity contribution in [2.75, 3.05) is 7.11 Å². The highest BCUT2D eigenvalue weighted by Crippen LogP contribution is 2.33. The largest absolute Gasteiger partial charge is 0.493 e. The highest BCUT2D eigenvalue weighted by atomic mass is 16.5. The van der Waals surface area contributed by atoms with E-state index in [2.05, 4.69) is 0 Å². The molecule has 0 radical (unpaired) electrons. The second-order valence-corrected chi connectivity index (χ2v) is 5.86. The fraction of sp³-hybridized carbons (Fsp3) is 0.238. The Labute approximate surface area is 148 Å². The lowest BCUT2D eigenvalue weighted by Crippen LogP contribution is -2.08. The monoisotopic (exact) mass is 335 g/mol. The average molecular weight is 335 g/mol. The summed E-state index contributed by atoms with van der Waals surface area (Å²) in [6.45, 7) is 5.66. The molecule has 0 atom stereocenters. The minimum Gasteiger partial charge on any atom is -0.493 e. The van der Waals surface area contributed by atoms with Crippen LogP contribution in [0.25, 0.3) is 6.08 Å². The zero-order chi connectivity index (χ0) is 18.4. The van der Waals surface area contributed by atoms with Crippen LogP contribution in [0.3, 0.4) is 0 Å². The Morgan fingerprint density at radius 3 is 2.48 bits per heavy atom. The molecule has 4 heteroatoms. The van der Waals surface area contributed by atoms with Gasteiger partial charge in [-0.05, 0) is 38.5 Å². The van der Waals surface area contributed by atoms with Gasteiger partial charge in [0.2, 0.25) is 5.78 Å². The standard InChI is InChI=1S/C21H21NO3/c1-14(2)25-21-16(9-7-11-19(21)24-4)12-17(13-22)20(23)18-10-6-5-8-15(18)3/h5-12,14H,1-4H3/b17-12+. The van der Waals surface area contributed by atoms with Crippen molar-refractivity contribution in [3.63, 3.8) is 0 Å². The molecule has 2 aromatic carbocycles. The Hall–Kier alpha value is -3.06. The maximum atomic E-state index is 12.7. The Balaban J connectivity index is 2.52. The van der Waals surface area contributed by atoms with Crippen LogP contribution in [0.2, 0.25) is 0 Å². The number of carbonyl (C=O) groups excluding carboxylic acids is 1. The van der Waals surface area contributed by atoms with Crippen LogP contribution < -0.4 is 9.47 Å². The van der Waals surface area contributed by atoms with Crippen LogP contribution in [-0.2, 0) is 0 Å². The number of aryl methyl sites for hydroxylation is 1. The van der Waals surface area contributed by atoms with Crippen LogP contribution in [0.4, 0.5) is 0 Å². The number of Topliss-reactive ketones (excluding diaryl/α,β-unsaturated/α-hetero) is 1. The molecule has 0 saturated heterocycles. The number of nitrogens with zero attached hydrogens (tertiary/aromatic N) is 1. The SMILES string of the molecule is COc1cccc(/C=C(\C#N)C(=O)c2ccccc2C)c1OC(C)C. The predicted molar refractivity (Wildman–Crippen MR) is 97.9 cm³/mol. The molecule has 128 valence electrons. The van der Waals surface area contributed by atoms with Crippen molar-refractivity contribution in [2.45, 2.75) is 26.9 Å². The van der Waals surface area contributed by atoms with E-state index in [1.807, 2.05) is 39.0 Å². The van der Waals surface area contributed by atoms with Crippen molar-refractivity contribution in [1.82, 2.24) is 0 Å². The molecular weight excluding hydrogens is 314 g/mol. The molecule has 0 unspecified atom stereocenters. The van der Waals surface area contributed by atoms with Gasteiger partial charge in [0.25, 0.3) is 0 Å². The average Bonchev–Trinajstić information content (AvgIpc) is 2.60. The predicted octanol–water partition coefficient (Wildman–Crippen LogP) is 4.58. The van der Waals surface area contributed by atoms with E-state index in [4.69, 9.17) is 9.47 Å². The number of hydrogen-bond acceptors (Lipinski definition) is 4. The summed E-state index contributed by atoms with van der Waals surface area (Å²) in [6.07, 6.45) is 1.48. The van der Waals surface area contributed by atoms with Crippen LogP contribution in [0.15, 0.2) is 48.0 Å². The first-order valence-corrected chi connectivity index (χ1v) is 8.03. The van der Waals surface area contributed by atoms with Crippen molar-refractivity contribution in [1.29, 1.82) is 5.26 Å². The topological polar surface area (TPSA) is 59.3 Å². The maximum absolute atomic E-state index is 12.7. The summed E-state index contributed by atoms with van der Waals surface area (Å²) < 4.78 is 11.2. The number of hydrogen-bond donors (Lipinski definition) is 0. The molecule has 0 fully saturated rings. The lowest BCUT2D eigenvalue weighted by molar-refractivity contribution is 0.103.